The van der Waals surface area contributed by atoms with Crippen molar-refractivity contribution in [3.63, 3.8) is 0 Å². The van der Waals surface area contributed by atoms with Gasteiger partial charge in [0.2, 0.25) is 0 Å². The molecule has 0 aliphatic carbocycles. The van der Waals surface area contributed by atoms with Gasteiger partial charge in [-0.1, -0.05) is 12.1 Å². The van der Waals surface area contributed by atoms with E-state index in [0.717, 1.165) is 0 Å². The lowest BCUT2D eigenvalue weighted by Crippen LogP contribution is -2.30. The van der Waals surface area contributed by atoms with Crippen molar-refractivity contribution in [2.45, 2.75) is 13.0 Å². The average Bonchev–Trinajstić information content (AvgIpc) is 2.62. The van der Waals surface area contributed by atoms with Crippen LogP contribution in [0.4, 0.5) is 5.69 Å². The number of ether oxygens (including phenoxy) is 2. The summed E-state index contributed by atoms with van der Waals surface area (Å²) < 4.78 is 10.3. The van der Waals surface area contributed by atoms with E-state index in [1.165, 1.54) is 14.0 Å². The summed E-state index contributed by atoms with van der Waals surface area (Å²) in [6, 6.07) is 15.0. The molecular formula is C18H16N2O4. The maximum Gasteiger partial charge on any atom is 0.342 e. The van der Waals surface area contributed by atoms with Gasteiger partial charge in [0.25, 0.3) is 5.91 Å². The van der Waals surface area contributed by atoms with Gasteiger partial charge in [-0.3, -0.25) is 4.79 Å². The highest BCUT2D eigenvalue weighted by atomic mass is 16.5. The van der Waals surface area contributed by atoms with Gasteiger partial charge in [-0.05, 0) is 43.3 Å². The summed E-state index contributed by atoms with van der Waals surface area (Å²) in [5.41, 5.74) is 1.25. The van der Waals surface area contributed by atoms with Gasteiger partial charge in [0.15, 0.2) is 6.10 Å². The second-order valence-electron chi connectivity index (χ2n) is 4.93. The van der Waals surface area contributed by atoms with Gasteiger partial charge in [-0.25, -0.2) is 4.79 Å². The molecule has 0 saturated carbocycles. The molecule has 1 amide bonds. The molecule has 1 atom stereocenters. The second-order valence-corrected chi connectivity index (χ2v) is 4.93. The molecule has 0 heterocycles. The van der Waals surface area contributed by atoms with Crippen LogP contribution >= 0.6 is 0 Å². The van der Waals surface area contributed by atoms with Crippen LogP contribution in [0, 0.1) is 11.3 Å². The van der Waals surface area contributed by atoms with Crippen LogP contribution in [-0.4, -0.2) is 25.1 Å². The quantitative estimate of drug-likeness (QED) is 0.854. The van der Waals surface area contributed by atoms with Crippen molar-refractivity contribution in [1.29, 1.82) is 5.26 Å². The number of hydrogen-bond donors (Lipinski definition) is 1. The smallest absolute Gasteiger partial charge is 0.342 e. The first kappa shape index (κ1) is 17.0. The van der Waals surface area contributed by atoms with Crippen molar-refractivity contribution in [2.24, 2.45) is 0 Å². The Kier molecular flexibility index (Phi) is 5.53. The third kappa shape index (κ3) is 4.11. The summed E-state index contributed by atoms with van der Waals surface area (Å²) in [7, 11) is 1.45. The molecule has 6 heteroatoms. The minimum atomic E-state index is -0.988. The summed E-state index contributed by atoms with van der Waals surface area (Å²) in [5, 5.41) is 11.4. The molecule has 2 aromatic rings. The standard InChI is InChI=1S/C18H16N2O4/c1-12(17(21)20-14-9-7-13(11-19)8-10-14)24-18(22)15-5-3-4-6-16(15)23-2/h3-10,12H,1-2H3,(H,20,21)/t12-/m0/s1. The molecule has 2 aromatic carbocycles. The Labute approximate surface area is 139 Å². The molecule has 6 nitrogen and oxygen atoms in total. The maximum atomic E-state index is 12.2. The lowest BCUT2D eigenvalue weighted by molar-refractivity contribution is -0.123. The van der Waals surface area contributed by atoms with Crippen LogP contribution in [0.1, 0.15) is 22.8 Å². The van der Waals surface area contributed by atoms with Gasteiger partial charge >= 0.3 is 5.97 Å². The van der Waals surface area contributed by atoms with Crippen LogP contribution in [0.25, 0.3) is 0 Å². The number of nitrogens with one attached hydrogen (secondary N) is 1. The minimum Gasteiger partial charge on any atom is -0.496 e. The van der Waals surface area contributed by atoms with Crippen LogP contribution in [-0.2, 0) is 9.53 Å². The lowest BCUT2D eigenvalue weighted by atomic mass is 10.2. The number of methoxy groups -OCH3 is 1. The molecule has 0 aromatic heterocycles. The number of nitrogens with zero attached hydrogens (tertiary/aromatic N) is 1. The maximum absolute atomic E-state index is 12.2. The number of benzene rings is 2. The first-order chi connectivity index (χ1) is 11.5. The van der Waals surface area contributed by atoms with Gasteiger partial charge in [-0.2, -0.15) is 5.26 Å². The minimum absolute atomic E-state index is 0.248. The summed E-state index contributed by atoms with van der Waals surface area (Å²) in [6.45, 7) is 1.48. The van der Waals surface area contributed by atoms with E-state index >= 15 is 0 Å². The summed E-state index contributed by atoms with van der Waals surface area (Å²) in [4.78, 5) is 24.3. The first-order valence-electron chi connectivity index (χ1n) is 7.20. The first-order valence-corrected chi connectivity index (χ1v) is 7.20. The third-order valence-electron chi connectivity index (χ3n) is 3.26. The highest BCUT2D eigenvalue weighted by Gasteiger charge is 2.21. The Morgan fingerprint density at radius 3 is 2.42 bits per heavy atom. The number of hydrogen-bond acceptors (Lipinski definition) is 5. The monoisotopic (exact) mass is 324 g/mol. The van der Waals surface area contributed by atoms with Gasteiger partial charge in [0.05, 0.1) is 18.7 Å². The zero-order valence-corrected chi connectivity index (χ0v) is 13.3. The molecule has 0 spiro atoms. The Balaban J connectivity index is 2.00. The molecule has 0 fully saturated rings. The Morgan fingerprint density at radius 2 is 1.79 bits per heavy atom. The molecule has 0 bridgehead atoms. The van der Waals surface area contributed by atoms with E-state index in [1.807, 2.05) is 6.07 Å². The second kappa shape index (κ2) is 7.79. The predicted octanol–water partition coefficient (Wildman–Crippen LogP) is 2.75. The van der Waals surface area contributed by atoms with Gasteiger partial charge < -0.3 is 14.8 Å². The Bertz CT molecular complexity index is 778. The third-order valence-corrected chi connectivity index (χ3v) is 3.26. The van der Waals surface area contributed by atoms with E-state index in [9.17, 15) is 9.59 Å². The zero-order chi connectivity index (χ0) is 17.5. The number of amides is 1. The molecule has 0 radical (unpaired) electrons. The number of anilines is 1. The largest absolute Gasteiger partial charge is 0.496 e. The van der Waals surface area contributed by atoms with Gasteiger partial charge in [0, 0.05) is 5.69 Å². The fraction of sp³-hybridized carbons (Fsp3) is 0.167. The molecule has 0 unspecified atom stereocenters. The van der Waals surface area contributed by atoms with Gasteiger partial charge in [-0.15, -0.1) is 0 Å². The van der Waals surface area contributed by atoms with E-state index in [1.54, 1.807) is 48.5 Å². The zero-order valence-electron chi connectivity index (χ0n) is 13.3. The van der Waals surface area contributed by atoms with Crippen molar-refractivity contribution in [1.82, 2.24) is 0 Å². The predicted molar refractivity (Wildman–Crippen MR) is 87.7 cm³/mol. The number of carbonyl (C=O) groups is 2. The van der Waals surface area contributed by atoms with Crippen molar-refractivity contribution >= 4 is 17.6 Å². The highest BCUT2D eigenvalue weighted by Crippen LogP contribution is 2.19. The molecule has 1 N–H and O–H groups in total. The molecule has 0 aliphatic rings. The Morgan fingerprint density at radius 1 is 1.12 bits per heavy atom. The van der Waals surface area contributed by atoms with E-state index in [2.05, 4.69) is 5.32 Å². The summed E-state index contributed by atoms with van der Waals surface area (Å²) in [6.07, 6.45) is -0.988. The molecule has 24 heavy (non-hydrogen) atoms. The van der Waals surface area contributed by atoms with Crippen LogP contribution in [0.15, 0.2) is 48.5 Å². The number of nitriles is 1. The van der Waals surface area contributed by atoms with Crippen molar-refractivity contribution < 1.29 is 19.1 Å². The van der Waals surface area contributed by atoms with Crippen LogP contribution in [0.5, 0.6) is 5.75 Å². The van der Waals surface area contributed by atoms with E-state index in [4.69, 9.17) is 14.7 Å². The molecular weight excluding hydrogens is 308 g/mol. The van der Waals surface area contributed by atoms with Crippen molar-refractivity contribution in [3.05, 3.63) is 59.7 Å². The van der Waals surface area contributed by atoms with Gasteiger partial charge in [0.1, 0.15) is 11.3 Å². The molecule has 122 valence electrons. The van der Waals surface area contributed by atoms with E-state index in [-0.39, 0.29) is 5.56 Å². The normalized spacial score (nSPS) is 11.0. The summed E-state index contributed by atoms with van der Waals surface area (Å²) >= 11 is 0. The van der Waals surface area contributed by atoms with Crippen LogP contribution in [0.2, 0.25) is 0 Å². The number of para-hydroxylation sites is 1. The summed E-state index contributed by atoms with van der Waals surface area (Å²) in [5.74, 6) is -0.736. The van der Waals surface area contributed by atoms with E-state index < -0.39 is 18.0 Å². The highest BCUT2D eigenvalue weighted by molar-refractivity contribution is 5.98. The molecule has 0 aliphatic heterocycles. The van der Waals surface area contributed by atoms with Crippen LogP contribution in [0.3, 0.4) is 0 Å². The van der Waals surface area contributed by atoms with E-state index in [0.29, 0.717) is 17.0 Å². The number of carbonyl (C=O) groups excluding carboxylic acids is 2. The van der Waals surface area contributed by atoms with Crippen molar-refractivity contribution in [2.75, 3.05) is 12.4 Å². The topological polar surface area (TPSA) is 88.4 Å². The molecule has 2 rings (SSSR count). The Hall–Kier alpha value is -3.33. The fourth-order valence-corrected chi connectivity index (χ4v) is 1.96. The molecule has 0 saturated heterocycles. The SMILES string of the molecule is COc1ccccc1C(=O)O[C@@H](C)C(=O)Nc1ccc(C#N)cc1. The fourth-order valence-electron chi connectivity index (χ4n) is 1.96. The number of rotatable bonds is 5. The van der Waals surface area contributed by atoms with Crippen molar-refractivity contribution in [3.8, 4) is 11.8 Å². The average molecular weight is 324 g/mol. The number of esters is 1. The van der Waals surface area contributed by atoms with Crippen LogP contribution < -0.4 is 10.1 Å². The lowest BCUT2D eigenvalue weighted by Gasteiger charge is -2.14.